The zero-order chi connectivity index (χ0) is 12.5. The van der Waals surface area contributed by atoms with Crippen LogP contribution in [0.4, 0.5) is 0 Å². The van der Waals surface area contributed by atoms with Crippen molar-refractivity contribution in [1.29, 1.82) is 0 Å². The number of ether oxygens (including phenoxy) is 1. The van der Waals surface area contributed by atoms with E-state index in [4.69, 9.17) is 5.11 Å². The molecule has 4 N–H and O–H groups in total. The Labute approximate surface area is 90.6 Å². The van der Waals surface area contributed by atoms with Gasteiger partial charge < -0.3 is 25.2 Å². The fraction of sp³-hybridized carbons (Fsp3) is 0.556. The van der Waals surface area contributed by atoms with Gasteiger partial charge in [-0.2, -0.15) is 0 Å². The molecule has 0 saturated carbocycles. The fourth-order valence-electron chi connectivity index (χ4n) is 1.41. The first-order valence-electron chi connectivity index (χ1n) is 4.46. The minimum absolute atomic E-state index is 0.332. The summed E-state index contributed by atoms with van der Waals surface area (Å²) in [4.78, 5) is 21.9. The third-order valence-corrected chi connectivity index (χ3v) is 2.17. The molecule has 7 nitrogen and oxygen atoms in total. The van der Waals surface area contributed by atoms with Crippen LogP contribution in [0.2, 0.25) is 0 Å². The number of hydrogen-bond acceptors (Lipinski definition) is 7. The molecule has 0 aromatic carbocycles. The van der Waals surface area contributed by atoms with Crippen LogP contribution in [0, 0.1) is 0 Å². The number of esters is 1. The Bertz CT molecular complexity index is 348. The number of carbonyl (C=O) groups is 2. The van der Waals surface area contributed by atoms with E-state index in [0.29, 0.717) is 6.08 Å². The maximum atomic E-state index is 11.3. The molecular weight excluding hydrogens is 220 g/mol. The van der Waals surface area contributed by atoms with Gasteiger partial charge in [0.2, 0.25) is 0 Å². The number of aliphatic hydroxyl groups is 4. The van der Waals surface area contributed by atoms with Crippen molar-refractivity contribution in [3.63, 3.8) is 0 Å². The largest absolute Gasteiger partial charge is 0.427 e. The van der Waals surface area contributed by atoms with Crippen LogP contribution in [0.15, 0.2) is 11.6 Å². The van der Waals surface area contributed by atoms with Gasteiger partial charge in [-0.3, -0.25) is 9.59 Å². The molecule has 1 aliphatic carbocycles. The predicted octanol–water partition coefficient (Wildman–Crippen LogP) is -2.54. The Kier molecular flexibility index (Phi) is 3.44. The Balaban J connectivity index is 3.13. The second-order valence-corrected chi connectivity index (χ2v) is 3.43. The lowest BCUT2D eigenvalue weighted by Gasteiger charge is -2.35. The van der Waals surface area contributed by atoms with E-state index in [1.54, 1.807) is 0 Å². The van der Waals surface area contributed by atoms with Crippen molar-refractivity contribution in [3.8, 4) is 0 Å². The van der Waals surface area contributed by atoms with E-state index in [1.807, 2.05) is 0 Å². The van der Waals surface area contributed by atoms with Crippen LogP contribution in [-0.4, -0.2) is 56.8 Å². The molecular formula is C9H12O7. The summed E-state index contributed by atoms with van der Waals surface area (Å²) < 4.78 is 4.41. The van der Waals surface area contributed by atoms with Gasteiger partial charge in [0.25, 0.3) is 5.79 Å². The summed E-state index contributed by atoms with van der Waals surface area (Å²) in [6.07, 6.45) is -3.22. The van der Waals surface area contributed by atoms with Crippen LogP contribution >= 0.6 is 0 Å². The third kappa shape index (κ3) is 2.12. The third-order valence-electron chi connectivity index (χ3n) is 2.17. The van der Waals surface area contributed by atoms with Gasteiger partial charge in [0.15, 0.2) is 11.9 Å². The van der Waals surface area contributed by atoms with Crippen LogP contribution in [0.25, 0.3) is 0 Å². The molecule has 0 saturated heterocycles. The maximum Gasteiger partial charge on any atom is 0.305 e. The summed E-state index contributed by atoms with van der Waals surface area (Å²) >= 11 is 0. The molecule has 90 valence electrons. The quantitative estimate of drug-likeness (QED) is 0.305. The highest BCUT2D eigenvalue weighted by atomic mass is 16.7. The standard InChI is InChI=1S/C9H12O7/c1-4(11)16-9(15)2-5(3-10)6(12)7(13)8(9)14/h2,7-8,10,13-15H,3H2,1H3. The van der Waals surface area contributed by atoms with Gasteiger partial charge >= 0.3 is 5.97 Å². The molecule has 3 unspecified atom stereocenters. The van der Waals surface area contributed by atoms with Crippen molar-refractivity contribution >= 4 is 11.8 Å². The molecule has 0 fully saturated rings. The van der Waals surface area contributed by atoms with Gasteiger partial charge in [0, 0.05) is 12.5 Å². The van der Waals surface area contributed by atoms with E-state index in [-0.39, 0.29) is 5.57 Å². The molecule has 0 amide bonds. The van der Waals surface area contributed by atoms with Crippen molar-refractivity contribution < 1.29 is 34.8 Å². The molecule has 0 aliphatic heterocycles. The number of hydrogen-bond donors (Lipinski definition) is 4. The minimum Gasteiger partial charge on any atom is -0.427 e. The molecule has 0 radical (unpaired) electrons. The van der Waals surface area contributed by atoms with Crippen molar-refractivity contribution in [2.75, 3.05) is 6.61 Å². The number of Topliss-reactive ketones (excluding diaryl/α,β-unsaturated/α-hetero) is 1. The molecule has 0 bridgehead atoms. The first-order chi connectivity index (χ1) is 7.31. The van der Waals surface area contributed by atoms with Gasteiger partial charge in [-0.25, -0.2) is 0 Å². The lowest BCUT2D eigenvalue weighted by molar-refractivity contribution is -0.238. The van der Waals surface area contributed by atoms with Crippen LogP contribution in [0.1, 0.15) is 6.92 Å². The van der Waals surface area contributed by atoms with Gasteiger partial charge in [-0.15, -0.1) is 0 Å². The first kappa shape index (κ1) is 12.8. The van der Waals surface area contributed by atoms with E-state index in [9.17, 15) is 24.9 Å². The van der Waals surface area contributed by atoms with E-state index in [1.165, 1.54) is 0 Å². The van der Waals surface area contributed by atoms with Crippen molar-refractivity contribution in [2.45, 2.75) is 24.9 Å². The SMILES string of the molecule is CC(=O)OC1(O)C=C(CO)C(=O)C(O)C1O. The minimum atomic E-state index is -2.50. The average molecular weight is 232 g/mol. The van der Waals surface area contributed by atoms with Crippen LogP contribution < -0.4 is 0 Å². The topological polar surface area (TPSA) is 124 Å². The maximum absolute atomic E-state index is 11.3. The lowest BCUT2D eigenvalue weighted by Crippen LogP contribution is -2.57. The summed E-state index contributed by atoms with van der Waals surface area (Å²) in [6, 6.07) is 0. The second kappa shape index (κ2) is 4.30. The normalized spacial score (nSPS) is 34.6. The van der Waals surface area contributed by atoms with Crippen LogP contribution in [-0.2, 0) is 14.3 Å². The highest BCUT2D eigenvalue weighted by Crippen LogP contribution is 2.26. The summed E-state index contributed by atoms with van der Waals surface area (Å²) in [7, 11) is 0. The molecule has 0 heterocycles. The molecule has 7 heteroatoms. The van der Waals surface area contributed by atoms with Crippen molar-refractivity contribution in [2.24, 2.45) is 0 Å². The average Bonchev–Trinajstić information content (AvgIpc) is 2.20. The monoisotopic (exact) mass is 232 g/mol. The molecule has 0 aromatic rings. The lowest BCUT2D eigenvalue weighted by atomic mass is 9.88. The Morgan fingerprint density at radius 1 is 1.56 bits per heavy atom. The second-order valence-electron chi connectivity index (χ2n) is 3.43. The van der Waals surface area contributed by atoms with Gasteiger partial charge in [-0.1, -0.05) is 0 Å². The molecule has 0 aromatic heterocycles. The molecule has 0 spiro atoms. The number of rotatable bonds is 2. The Morgan fingerprint density at radius 3 is 2.56 bits per heavy atom. The highest BCUT2D eigenvalue weighted by molar-refractivity contribution is 6.00. The number of ketones is 1. The summed E-state index contributed by atoms with van der Waals surface area (Å²) in [6.45, 7) is 0.242. The Hall–Kier alpha value is -1.28. The van der Waals surface area contributed by atoms with Crippen molar-refractivity contribution in [1.82, 2.24) is 0 Å². The molecule has 3 atom stereocenters. The summed E-state index contributed by atoms with van der Waals surface area (Å²) in [5.74, 6) is -4.33. The number of carbonyl (C=O) groups excluding carboxylic acids is 2. The zero-order valence-electron chi connectivity index (χ0n) is 8.45. The smallest absolute Gasteiger partial charge is 0.305 e. The van der Waals surface area contributed by atoms with E-state index in [0.717, 1.165) is 6.92 Å². The van der Waals surface area contributed by atoms with Gasteiger partial charge in [-0.05, 0) is 6.08 Å². The molecule has 16 heavy (non-hydrogen) atoms. The molecule has 1 aliphatic rings. The van der Waals surface area contributed by atoms with Gasteiger partial charge in [0.05, 0.1) is 6.61 Å². The summed E-state index contributed by atoms with van der Waals surface area (Å²) in [5, 5.41) is 37.2. The Morgan fingerprint density at radius 2 is 2.12 bits per heavy atom. The first-order valence-corrected chi connectivity index (χ1v) is 4.46. The highest BCUT2D eigenvalue weighted by Gasteiger charge is 2.49. The van der Waals surface area contributed by atoms with E-state index < -0.39 is 36.4 Å². The van der Waals surface area contributed by atoms with E-state index >= 15 is 0 Å². The number of aliphatic hydroxyl groups excluding tert-OH is 3. The van der Waals surface area contributed by atoms with Crippen LogP contribution in [0.3, 0.4) is 0 Å². The fourth-order valence-corrected chi connectivity index (χ4v) is 1.41. The predicted molar refractivity (Wildman–Crippen MR) is 48.9 cm³/mol. The van der Waals surface area contributed by atoms with Crippen LogP contribution in [0.5, 0.6) is 0 Å². The zero-order valence-corrected chi connectivity index (χ0v) is 8.45. The summed E-state index contributed by atoms with van der Waals surface area (Å²) in [5.41, 5.74) is -0.332. The van der Waals surface area contributed by atoms with Crippen molar-refractivity contribution in [3.05, 3.63) is 11.6 Å². The van der Waals surface area contributed by atoms with Gasteiger partial charge in [0.1, 0.15) is 6.10 Å². The van der Waals surface area contributed by atoms with E-state index in [2.05, 4.69) is 4.74 Å². The molecule has 1 rings (SSSR count).